The predicted molar refractivity (Wildman–Crippen MR) is 95.3 cm³/mol. The summed E-state index contributed by atoms with van der Waals surface area (Å²) in [6, 6.07) is 9.30. The molecule has 7 heteroatoms. The number of carbonyl (C=O) groups excluding carboxylic acids is 3. The highest BCUT2D eigenvalue weighted by molar-refractivity contribution is 8.18. The van der Waals surface area contributed by atoms with Crippen molar-refractivity contribution in [3.8, 4) is 0 Å². The number of imide groups is 1. The molecule has 1 saturated heterocycles. The Hall–Kier alpha value is -2.12. The summed E-state index contributed by atoms with van der Waals surface area (Å²) in [5.41, 5.74) is 0.844. The van der Waals surface area contributed by atoms with E-state index in [4.69, 9.17) is 0 Å². The van der Waals surface area contributed by atoms with Gasteiger partial charge in [0.25, 0.3) is 11.1 Å². The summed E-state index contributed by atoms with van der Waals surface area (Å²) in [7, 11) is 3.92. The number of thioether (sulfide) groups is 1. The second-order valence-electron chi connectivity index (χ2n) is 5.69. The third kappa shape index (κ3) is 5.21. The van der Waals surface area contributed by atoms with Crippen LogP contribution in [0.1, 0.15) is 12.0 Å². The molecule has 0 spiro atoms. The molecule has 0 unspecified atom stereocenters. The van der Waals surface area contributed by atoms with E-state index in [0.29, 0.717) is 11.4 Å². The largest absolute Gasteiger partial charge is 0.354 e. The summed E-state index contributed by atoms with van der Waals surface area (Å²) in [6.45, 7) is 1.15. The standard InChI is InChI=1S/C17H21N3O3S/c1-19(2)10-6-9-18-15(21)12-20-16(22)14(24-17(20)23)11-13-7-4-3-5-8-13/h3-5,7-8,11H,6,9-10,12H2,1-2H3,(H,18,21). The topological polar surface area (TPSA) is 69.7 Å². The Morgan fingerprint density at radius 3 is 2.62 bits per heavy atom. The third-order valence-corrected chi connectivity index (χ3v) is 4.28. The molecule has 6 nitrogen and oxygen atoms in total. The average molecular weight is 347 g/mol. The lowest BCUT2D eigenvalue weighted by atomic mass is 10.2. The minimum absolute atomic E-state index is 0.237. The lowest BCUT2D eigenvalue weighted by Gasteiger charge is -2.13. The number of benzene rings is 1. The number of rotatable bonds is 7. The summed E-state index contributed by atoms with van der Waals surface area (Å²) in [5, 5.41) is 2.32. The molecule has 0 radical (unpaired) electrons. The van der Waals surface area contributed by atoms with Crippen molar-refractivity contribution in [3.63, 3.8) is 0 Å². The van der Waals surface area contributed by atoms with Crippen molar-refractivity contribution in [2.24, 2.45) is 0 Å². The van der Waals surface area contributed by atoms with Gasteiger partial charge < -0.3 is 10.2 Å². The fourth-order valence-corrected chi connectivity index (χ4v) is 3.00. The highest BCUT2D eigenvalue weighted by Crippen LogP contribution is 2.31. The van der Waals surface area contributed by atoms with Gasteiger partial charge in [0.05, 0.1) is 4.91 Å². The molecule has 1 heterocycles. The van der Waals surface area contributed by atoms with Gasteiger partial charge in [-0.2, -0.15) is 0 Å². The number of nitrogens with zero attached hydrogens (tertiary/aromatic N) is 2. The van der Waals surface area contributed by atoms with E-state index >= 15 is 0 Å². The molecule has 1 fully saturated rings. The highest BCUT2D eigenvalue weighted by atomic mass is 32.2. The first-order chi connectivity index (χ1) is 11.5. The second kappa shape index (κ2) is 8.65. The van der Waals surface area contributed by atoms with Gasteiger partial charge in [-0.05, 0) is 50.5 Å². The first-order valence-corrected chi connectivity index (χ1v) is 8.51. The molecule has 128 valence electrons. The zero-order valence-electron chi connectivity index (χ0n) is 13.8. The Bertz CT molecular complexity index is 644. The molecule has 1 N–H and O–H groups in total. The van der Waals surface area contributed by atoms with Gasteiger partial charge >= 0.3 is 0 Å². The van der Waals surface area contributed by atoms with Crippen molar-refractivity contribution in [2.75, 3.05) is 33.7 Å². The van der Waals surface area contributed by atoms with Crippen LogP contribution in [-0.2, 0) is 9.59 Å². The van der Waals surface area contributed by atoms with Gasteiger partial charge in [-0.3, -0.25) is 19.3 Å². The molecule has 0 saturated carbocycles. The van der Waals surface area contributed by atoms with Gasteiger partial charge in [0.1, 0.15) is 6.54 Å². The van der Waals surface area contributed by atoms with Crippen LogP contribution in [0, 0.1) is 0 Å². The Balaban J connectivity index is 1.90. The molecule has 0 aromatic heterocycles. The van der Waals surface area contributed by atoms with Gasteiger partial charge in [-0.1, -0.05) is 30.3 Å². The zero-order valence-corrected chi connectivity index (χ0v) is 14.6. The van der Waals surface area contributed by atoms with Gasteiger partial charge in [-0.25, -0.2) is 0 Å². The Kier molecular flexibility index (Phi) is 6.57. The van der Waals surface area contributed by atoms with E-state index in [1.165, 1.54) is 0 Å². The van der Waals surface area contributed by atoms with Crippen LogP contribution in [0.3, 0.4) is 0 Å². The van der Waals surface area contributed by atoms with Gasteiger partial charge in [-0.15, -0.1) is 0 Å². The second-order valence-corrected chi connectivity index (χ2v) is 6.68. The van der Waals surface area contributed by atoms with Gasteiger partial charge in [0.15, 0.2) is 0 Å². The first kappa shape index (κ1) is 18.2. The molecule has 1 aliphatic heterocycles. The third-order valence-electron chi connectivity index (χ3n) is 3.38. The molecule has 0 atom stereocenters. The van der Waals surface area contributed by atoms with Gasteiger partial charge in [0, 0.05) is 6.54 Å². The van der Waals surface area contributed by atoms with Crippen LogP contribution < -0.4 is 5.32 Å². The molecule has 1 aliphatic rings. The zero-order chi connectivity index (χ0) is 17.5. The number of nitrogens with one attached hydrogen (secondary N) is 1. The van der Waals surface area contributed by atoms with E-state index in [9.17, 15) is 14.4 Å². The average Bonchev–Trinajstić information content (AvgIpc) is 2.80. The fraction of sp³-hybridized carbons (Fsp3) is 0.353. The first-order valence-electron chi connectivity index (χ1n) is 7.69. The predicted octanol–water partition coefficient (Wildman–Crippen LogP) is 1.79. The van der Waals surface area contributed by atoms with E-state index in [1.807, 2.05) is 49.3 Å². The van der Waals surface area contributed by atoms with Crippen LogP contribution in [0.2, 0.25) is 0 Å². The van der Waals surface area contributed by atoms with E-state index in [-0.39, 0.29) is 12.5 Å². The summed E-state index contributed by atoms with van der Waals surface area (Å²) < 4.78 is 0. The monoisotopic (exact) mass is 347 g/mol. The number of hydrogen-bond donors (Lipinski definition) is 1. The maximum absolute atomic E-state index is 12.3. The molecule has 1 aromatic rings. The van der Waals surface area contributed by atoms with Crippen LogP contribution in [-0.4, -0.2) is 60.6 Å². The summed E-state index contributed by atoms with van der Waals surface area (Å²) in [4.78, 5) is 39.5. The lowest BCUT2D eigenvalue weighted by molar-refractivity contribution is -0.129. The maximum Gasteiger partial charge on any atom is 0.294 e. The molecule has 0 aliphatic carbocycles. The van der Waals surface area contributed by atoms with Crippen molar-refractivity contribution in [1.29, 1.82) is 0 Å². The van der Waals surface area contributed by atoms with Crippen molar-refractivity contribution in [1.82, 2.24) is 15.1 Å². The van der Waals surface area contributed by atoms with E-state index in [2.05, 4.69) is 5.32 Å². The van der Waals surface area contributed by atoms with E-state index in [1.54, 1.807) is 6.08 Å². The van der Waals surface area contributed by atoms with E-state index < -0.39 is 11.1 Å². The number of carbonyl (C=O) groups is 3. The Labute approximate surface area is 145 Å². The molecule has 0 bridgehead atoms. The number of hydrogen-bond acceptors (Lipinski definition) is 5. The summed E-state index contributed by atoms with van der Waals surface area (Å²) >= 11 is 0.863. The normalized spacial score (nSPS) is 16.3. The molecule has 3 amide bonds. The minimum atomic E-state index is -0.419. The number of amides is 3. The summed E-state index contributed by atoms with van der Waals surface area (Å²) in [6.07, 6.45) is 2.48. The quantitative estimate of drug-likeness (QED) is 0.601. The van der Waals surface area contributed by atoms with Gasteiger partial charge in [0.2, 0.25) is 5.91 Å². The molecule has 2 rings (SSSR count). The maximum atomic E-state index is 12.3. The van der Waals surface area contributed by atoms with Crippen LogP contribution in [0.4, 0.5) is 4.79 Å². The molecule has 24 heavy (non-hydrogen) atoms. The van der Waals surface area contributed by atoms with Crippen molar-refractivity contribution in [2.45, 2.75) is 6.42 Å². The highest BCUT2D eigenvalue weighted by Gasteiger charge is 2.36. The minimum Gasteiger partial charge on any atom is -0.354 e. The SMILES string of the molecule is CN(C)CCCNC(=O)CN1C(=O)SC(=Cc2ccccc2)C1=O. The molecule has 1 aromatic carbocycles. The molecular formula is C17H21N3O3S. The van der Waals surface area contributed by atoms with Crippen LogP contribution >= 0.6 is 11.8 Å². The van der Waals surface area contributed by atoms with Crippen LogP contribution in [0.5, 0.6) is 0 Å². The molecular weight excluding hydrogens is 326 g/mol. The van der Waals surface area contributed by atoms with Crippen molar-refractivity contribution in [3.05, 3.63) is 40.8 Å². The fourth-order valence-electron chi connectivity index (χ4n) is 2.16. The van der Waals surface area contributed by atoms with Crippen LogP contribution in [0.15, 0.2) is 35.2 Å². The smallest absolute Gasteiger partial charge is 0.294 e. The van der Waals surface area contributed by atoms with E-state index in [0.717, 1.165) is 35.2 Å². The Morgan fingerprint density at radius 1 is 1.25 bits per heavy atom. The van der Waals surface area contributed by atoms with Crippen LogP contribution in [0.25, 0.3) is 6.08 Å². The Morgan fingerprint density at radius 2 is 1.96 bits per heavy atom. The lowest BCUT2D eigenvalue weighted by Crippen LogP contribution is -2.40. The van der Waals surface area contributed by atoms with Crippen molar-refractivity contribution >= 4 is 34.9 Å². The van der Waals surface area contributed by atoms with Crippen molar-refractivity contribution < 1.29 is 14.4 Å². The summed E-state index contributed by atoms with van der Waals surface area (Å²) in [5.74, 6) is -0.741.